The van der Waals surface area contributed by atoms with E-state index in [0.717, 1.165) is 37.9 Å². The average molecular weight is 273 g/mol. The molecule has 6 nitrogen and oxygen atoms in total. The molecule has 0 spiro atoms. The van der Waals surface area contributed by atoms with Gasteiger partial charge in [-0.15, -0.1) is 0 Å². The van der Waals surface area contributed by atoms with E-state index in [2.05, 4.69) is 28.7 Å². The molecule has 2 rings (SSSR count). The van der Waals surface area contributed by atoms with Crippen molar-refractivity contribution in [3.63, 3.8) is 0 Å². The highest BCUT2D eigenvalue weighted by atomic mass is 16.1. The van der Waals surface area contributed by atoms with Gasteiger partial charge in [0.05, 0.1) is 6.20 Å². The van der Waals surface area contributed by atoms with E-state index in [-0.39, 0.29) is 5.91 Å². The molecule has 6 heteroatoms. The Morgan fingerprint density at radius 2 is 2.40 bits per heavy atom. The summed E-state index contributed by atoms with van der Waals surface area (Å²) < 4.78 is 1.81. The van der Waals surface area contributed by atoms with Crippen molar-refractivity contribution >= 4 is 11.7 Å². The molecule has 0 atom stereocenters. The molecule has 0 bridgehead atoms. The van der Waals surface area contributed by atoms with Gasteiger partial charge in [0.25, 0.3) is 0 Å². The van der Waals surface area contributed by atoms with Crippen molar-refractivity contribution in [1.29, 1.82) is 5.26 Å². The second-order valence-corrected chi connectivity index (χ2v) is 4.78. The van der Waals surface area contributed by atoms with Gasteiger partial charge in [0.1, 0.15) is 17.5 Å². The highest BCUT2D eigenvalue weighted by Gasteiger charge is 2.14. The van der Waals surface area contributed by atoms with E-state index in [1.807, 2.05) is 4.68 Å². The van der Waals surface area contributed by atoms with Crippen LogP contribution in [0, 0.1) is 11.3 Å². The molecule has 2 N–H and O–H groups in total. The van der Waals surface area contributed by atoms with Gasteiger partial charge >= 0.3 is 0 Å². The van der Waals surface area contributed by atoms with Crippen LogP contribution in [0.2, 0.25) is 0 Å². The van der Waals surface area contributed by atoms with Gasteiger partial charge in [-0.3, -0.25) is 4.79 Å². The monoisotopic (exact) mass is 273 g/mol. The lowest BCUT2D eigenvalue weighted by Gasteiger charge is -2.17. The molecular weight excluding hydrogens is 254 g/mol. The summed E-state index contributed by atoms with van der Waals surface area (Å²) >= 11 is 0. The fraction of sp³-hybridized carbons (Fsp3) is 0.500. The van der Waals surface area contributed by atoms with Crippen molar-refractivity contribution in [3.8, 4) is 6.07 Å². The highest BCUT2D eigenvalue weighted by Crippen LogP contribution is 2.19. The molecule has 2 heterocycles. The number of aryl methyl sites for hydroxylation is 1. The summed E-state index contributed by atoms with van der Waals surface area (Å²) in [4.78, 5) is 11.3. The Labute approximate surface area is 118 Å². The van der Waals surface area contributed by atoms with Gasteiger partial charge in [-0.05, 0) is 6.42 Å². The van der Waals surface area contributed by atoms with Crippen molar-refractivity contribution in [2.24, 2.45) is 0 Å². The second-order valence-electron chi connectivity index (χ2n) is 4.78. The Morgan fingerprint density at radius 3 is 3.10 bits per heavy atom. The smallest absolute Gasteiger partial charge is 0.245 e. The Kier molecular flexibility index (Phi) is 4.77. The first kappa shape index (κ1) is 14.1. The number of carbonyl (C=O) groups is 1. The van der Waals surface area contributed by atoms with Crippen molar-refractivity contribution in [2.45, 2.75) is 39.2 Å². The molecule has 20 heavy (non-hydrogen) atoms. The number of hydrogen-bond donors (Lipinski definition) is 2. The molecule has 0 unspecified atom stereocenters. The van der Waals surface area contributed by atoms with Gasteiger partial charge in [0.15, 0.2) is 0 Å². The normalized spacial score (nSPS) is 14.4. The summed E-state index contributed by atoms with van der Waals surface area (Å²) in [6, 6.07) is 2.13. The largest absolute Gasteiger partial charge is 0.352 e. The first-order valence-electron chi connectivity index (χ1n) is 6.96. The summed E-state index contributed by atoms with van der Waals surface area (Å²) in [6.45, 7) is 3.54. The van der Waals surface area contributed by atoms with E-state index in [0.29, 0.717) is 17.9 Å². The number of nitrogens with zero attached hydrogens (tertiary/aromatic N) is 3. The van der Waals surface area contributed by atoms with E-state index in [1.54, 1.807) is 6.20 Å². The average Bonchev–Trinajstić information content (AvgIpc) is 2.81. The Bertz CT molecular complexity index is 552. The van der Waals surface area contributed by atoms with E-state index >= 15 is 0 Å². The molecule has 0 aromatic carbocycles. The maximum atomic E-state index is 11.3. The zero-order valence-electron chi connectivity index (χ0n) is 11.6. The second kappa shape index (κ2) is 6.75. The van der Waals surface area contributed by atoms with E-state index in [1.165, 1.54) is 6.08 Å². The topological polar surface area (TPSA) is 82.7 Å². The van der Waals surface area contributed by atoms with Crippen LogP contribution in [0.15, 0.2) is 18.0 Å². The fourth-order valence-electron chi connectivity index (χ4n) is 2.13. The predicted molar refractivity (Wildman–Crippen MR) is 75.8 cm³/mol. The van der Waals surface area contributed by atoms with E-state index in [9.17, 15) is 4.79 Å². The minimum absolute atomic E-state index is 0.102. The summed E-state index contributed by atoms with van der Waals surface area (Å²) in [6.07, 6.45) is 7.13. The molecule has 1 amide bonds. The van der Waals surface area contributed by atoms with Gasteiger partial charge in [-0.2, -0.15) is 10.4 Å². The highest BCUT2D eigenvalue weighted by molar-refractivity contribution is 5.89. The van der Waals surface area contributed by atoms with Crippen LogP contribution in [-0.2, 0) is 11.3 Å². The summed E-state index contributed by atoms with van der Waals surface area (Å²) in [7, 11) is 0. The zero-order chi connectivity index (χ0) is 14.4. The van der Waals surface area contributed by atoms with Crippen LogP contribution in [0.5, 0.6) is 0 Å². The maximum absolute atomic E-state index is 11.3. The Balaban J connectivity index is 2.14. The maximum Gasteiger partial charge on any atom is 0.245 e. The molecule has 0 radical (unpaired) electrons. The number of rotatable bonds is 6. The van der Waals surface area contributed by atoms with Crippen LogP contribution in [0.3, 0.4) is 0 Å². The van der Waals surface area contributed by atoms with E-state index < -0.39 is 0 Å². The quantitative estimate of drug-likeness (QED) is 0.774. The number of hydrogen-bond acceptors (Lipinski definition) is 4. The predicted octanol–water partition coefficient (Wildman–Crippen LogP) is 1.76. The van der Waals surface area contributed by atoms with Crippen LogP contribution in [0.25, 0.3) is 0 Å². The molecule has 1 aromatic rings. The molecule has 0 aliphatic carbocycles. The van der Waals surface area contributed by atoms with Crippen LogP contribution < -0.4 is 10.6 Å². The number of nitriles is 1. The van der Waals surface area contributed by atoms with Crippen molar-refractivity contribution in [2.75, 3.05) is 11.9 Å². The minimum Gasteiger partial charge on any atom is -0.352 e. The van der Waals surface area contributed by atoms with Gasteiger partial charge in [-0.1, -0.05) is 19.8 Å². The molecule has 106 valence electrons. The third-order valence-corrected chi connectivity index (χ3v) is 3.21. The van der Waals surface area contributed by atoms with Crippen LogP contribution in [0.1, 0.15) is 38.2 Å². The van der Waals surface area contributed by atoms with Crippen molar-refractivity contribution < 1.29 is 4.79 Å². The molecule has 0 saturated heterocycles. The van der Waals surface area contributed by atoms with Gasteiger partial charge in [0, 0.05) is 31.3 Å². The Morgan fingerprint density at radius 1 is 1.55 bits per heavy atom. The standard InChI is InChI=1S/C14H19N5O/c1-2-3-4-7-19-14(11(9-15)10-17-19)18-12-5-6-16-13(20)8-12/h8,10,18H,2-7H2,1H3,(H,16,20). The first-order valence-corrected chi connectivity index (χ1v) is 6.96. The third kappa shape index (κ3) is 3.38. The number of carbonyl (C=O) groups excluding carboxylic acids is 1. The number of anilines is 1. The number of nitrogens with one attached hydrogen (secondary N) is 2. The number of unbranched alkanes of at least 4 members (excludes halogenated alkanes) is 2. The lowest BCUT2D eigenvalue weighted by Crippen LogP contribution is -2.29. The SMILES string of the molecule is CCCCCn1ncc(C#N)c1NC1=CC(=O)NCC1. The third-order valence-electron chi connectivity index (χ3n) is 3.21. The zero-order valence-corrected chi connectivity index (χ0v) is 11.6. The molecule has 1 aliphatic heterocycles. The molecule has 1 aliphatic rings. The minimum atomic E-state index is -0.102. The van der Waals surface area contributed by atoms with Gasteiger partial charge < -0.3 is 10.6 Å². The molecule has 0 saturated carbocycles. The van der Waals surface area contributed by atoms with Crippen molar-refractivity contribution in [3.05, 3.63) is 23.5 Å². The molecular formula is C14H19N5O. The summed E-state index contributed by atoms with van der Waals surface area (Å²) in [5.74, 6) is 0.582. The summed E-state index contributed by atoms with van der Waals surface area (Å²) in [5.41, 5.74) is 1.33. The van der Waals surface area contributed by atoms with Crippen LogP contribution in [0.4, 0.5) is 5.82 Å². The lowest BCUT2D eigenvalue weighted by atomic mass is 10.2. The van der Waals surface area contributed by atoms with Crippen molar-refractivity contribution in [1.82, 2.24) is 15.1 Å². The van der Waals surface area contributed by atoms with Gasteiger partial charge in [-0.25, -0.2) is 4.68 Å². The Hall–Kier alpha value is -2.29. The molecule has 1 aromatic heterocycles. The van der Waals surface area contributed by atoms with Gasteiger partial charge in [0.2, 0.25) is 5.91 Å². The fourth-order valence-corrected chi connectivity index (χ4v) is 2.13. The van der Waals surface area contributed by atoms with E-state index in [4.69, 9.17) is 5.26 Å². The summed E-state index contributed by atoms with van der Waals surface area (Å²) in [5, 5.41) is 19.3. The lowest BCUT2D eigenvalue weighted by molar-refractivity contribution is -0.116. The first-order chi connectivity index (χ1) is 9.74. The van der Waals surface area contributed by atoms with Crippen LogP contribution >= 0.6 is 0 Å². The number of amides is 1. The van der Waals surface area contributed by atoms with Crippen LogP contribution in [-0.4, -0.2) is 22.2 Å². The molecule has 0 fully saturated rings. The number of aromatic nitrogens is 2.